The Kier molecular flexibility index (Phi) is 8.97. The van der Waals surface area contributed by atoms with Gasteiger partial charge in [-0.1, -0.05) is 145 Å². The second kappa shape index (κ2) is 16.8. The number of aromatic nitrogens is 2. The van der Waals surface area contributed by atoms with Crippen molar-refractivity contribution in [2.45, 2.75) is 13.7 Å². The molecule has 0 unspecified atom stereocenters. The fourth-order valence-corrected chi connectivity index (χ4v) is 7.87. The fraction of sp³-hybridized carbons (Fsp3) is 0.0370. The molecule has 2 aliphatic rings. The molecule has 0 saturated heterocycles. The van der Waals surface area contributed by atoms with Gasteiger partial charge in [0, 0.05) is 51.9 Å². The largest absolute Gasteiger partial charge is 0.503 e. The summed E-state index contributed by atoms with van der Waals surface area (Å²) in [5.41, 5.74) is 11.4. The van der Waals surface area contributed by atoms with Crippen molar-refractivity contribution in [3.05, 3.63) is 212 Å². The average Bonchev–Trinajstić information content (AvgIpc) is 3.34. The zero-order valence-electron chi connectivity index (χ0n) is 38.0. The van der Waals surface area contributed by atoms with Crippen molar-refractivity contribution in [3.63, 3.8) is 0 Å². The van der Waals surface area contributed by atoms with Gasteiger partial charge in [0.2, 0.25) is 6.71 Å². The number of ether oxygens (including phenoxy) is 2. The maximum Gasteiger partial charge on any atom is 0.241 e. The summed E-state index contributed by atoms with van der Waals surface area (Å²) in [4.78, 5) is 9.09. The van der Waals surface area contributed by atoms with E-state index in [1.165, 1.54) is 12.3 Å². The van der Waals surface area contributed by atoms with E-state index in [2.05, 4.69) is 53.5 Å². The van der Waals surface area contributed by atoms with Crippen LogP contribution in [-0.4, -0.2) is 16.7 Å². The first-order valence-electron chi connectivity index (χ1n) is 22.3. The third kappa shape index (κ3) is 7.37. The molecule has 9 aromatic rings. The SMILES string of the molecule is [2H]C([2H])([2H])c1c[c-]c(-c2cc(-c3ccccc3)c(C([2H])([2H])[2H])cn2)cc1-c1ccccc1.[Ir].[c-]1ccc2c(c1-c1cc(-c3ccccc3)ccn1)Oc1cccc3c1B2c1ccccc1O3. The molecule has 1 radical (unpaired) electrons. The van der Waals surface area contributed by atoms with E-state index in [1.54, 1.807) is 12.1 Å². The van der Waals surface area contributed by atoms with Gasteiger partial charge in [0.1, 0.15) is 17.2 Å². The standard InChI is InChI=1S/C29H17BNO2.C25H20N.Ir/c1-2-8-19(9-3-1)20-16-17-31-24(18-20)21-10-6-12-23-29(21)33-27-15-7-14-26-28(27)30(23)22-11-4-5-13-25(22)32-26;1-18-13-14-22(15-23(18)20-9-5-3-6-10-20)25-16-24(19(2)17-26-25)21-11-7-4-8-12-21;/h1-9,11-18H;3-13,15-17H,1-2H3;/q2*-1;/i;1D3,2D3;. The van der Waals surface area contributed by atoms with Crippen molar-refractivity contribution in [1.29, 1.82) is 0 Å². The first kappa shape index (κ1) is 32.1. The van der Waals surface area contributed by atoms with Crippen molar-refractivity contribution in [3.8, 4) is 78.9 Å². The minimum atomic E-state index is -2.32. The molecule has 4 nitrogen and oxygen atoms in total. The van der Waals surface area contributed by atoms with Gasteiger partial charge in [-0.05, 0) is 81.3 Å². The first-order valence-corrected chi connectivity index (χ1v) is 19.3. The second-order valence-corrected chi connectivity index (χ2v) is 14.3. The van der Waals surface area contributed by atoms with Crippen molar-refractivity contribution in [2.24, 2.45) is 0 Å². The van der Waals surface area contributed by atoms with E-state index in [0.29, 0.717) is 22.4 Å². The number of aryl methyl sites for hydroxylation is 2. The van der Waals surface area contributed by atoms with Crippen LogP contribution in [0, 0.1) is 25.8 Å². The van der Waals surface area contributed by atoms with Crippen LogP contribution in [0.15, 0.2) is 188 Å². The number of hydrogen-bond donors (Lipinski definition) is 0. The molecule has 0 fully saturated rings. The smallest absolute Gasteiger partial charge is 0.241 e. The summed E-state index contributed by atoms with van der Waals surface area (Å²) in [7, 11) is 0. The van der Waals surface area contributed by atoms with Gasteiger partial charge in [-0.3, -0.25) is 0 Å². The van der Waals surface area contributed by atoms with E-state index < -0.39 is 13.7 Å². The van der Waals surface area contributed by atoms with Crippen molar-refractivity contribution in [2.75, 3.05) is 0 Å². The van der Waals surface area contributed by atoms with Crippen LogP contribution in [0.25, 0.3) is 55.9 Å². The zero-order valence-corrected chi connectivity index (χ0v) is 34.4. The van der Waals surface area contributed by atoms with E-state index >= 15 is 0 Å². The van der Waals surface area contributed by atoms with Gasteiger partial charge in [-0.15, -0.1) is 53.0 Å². The third-order valence-electron chi connectivity index (χ3n) is 10.7. The molecule has 60 heavy (non-hydrogen) atoms. The third-order valence-corrected chi connectivity index (χ3v) is 10.7. The van der Waals surface area contributed by atoms with Gasteiger partial charge in [-0.2, -0.15) is 0 Å². The molecule has 0 spiro atoms. The first-order chi connectivity index (χ1) is 31.5. The summed E-state index contributed by atoms with van der Waals surface area (Å²) in [6, 6.07) is 62.8. The Hall–Kier alpha value is -6.85. The van der Waals surface area contributed by atoms with Crippen molar-refractivity contribution in [1.82, 2.24) is 9.97 Å². The zero-order chi connectivity index (χ0) is 44.7. The van der Waals surface area contributed by atoms with E-state index in [4.69, 9.17) is 22.7 Å². The molecule has 0 atom stereocenters. The van der Waals surface area contributed by atoms with Gasteiger partial charge in [0.25, 0.3) is 0 Å². The normalized spacial score (nSPS) is 13.5. The number of para-hydroxylation sites is 1. The van der Waals surface area contributed by atoms with Gasteiger partial charge in [-0.25, -0.2) is 0 Å². The summed E-state index contributed by atoms with van der Waals surface area (Å²) < 4.78 is 60.2. The van der Waals surface area contributed by atoms with E-state index in [9.17, 15) is 0 Å². The Morgan fingerprint density at radius 2 is 1.18 bits per heavy atom. The Labute approximate surface area is 373 Å². The van der Waals surface area contributed by atoms with Crippen LogP contribution in [0.4, 0.5) is 0 Å². The molecule has 0 amide bonds. The van der Waals surface area contributed by atoms with Crippen molar-refractivity contribution < 1.29 is 37.8 Å². The molecule has 2 aromatic heterocycles. The molecule has 0 saturated carbocycles. The van der Waals surface area contributed by atoms with Gasteiger partial charge in [0.05, 0.1) is 0 Å². The van der Waals surface area contributed by atoms with Crippen LogP contribution in [0.5, 0.6) is 23.0 Å². The molecule has 0 N–H and O–H groups in total. The van der Waals surface area contributed by atoms with Crippen LogP contribution in [0.2, 0.25) is 0 Å². The monoisotopic (exact) mass is 955 g/mol. The maximum absolute atomic E-state index is 7.92. The predicted octanol–water partition coefficient (Wildman–Crippen LogP) is 11.4. The van der Waals surface area contributed by atoms with Gasteiger partial charge < -0.3 is 19.4 Å². The van der Waals surface area contributed by atoms with Crippen LogP contribution >= 0.6 is 0 Å². The molecule has 7 aromatic carbocycles. The van der Waals surface area contributed by atoms with E-state index in [0.717, 1.165) is 72.9 Å². The van der Waals surface area contributed by atoms with Crippen molar-refractivity contribution >= 4 is 23.1 Å². The predicted molar refractivity (Wildman–Crippen MR) is 240 cm³/mol. The molecule has 11 rings (SSSR count). The van der Waals surface area contributed by atoms with Crippen LogP contribution in [0.3, 0.4) is 0 Å². The quantitative estimate of drug-likeness (QED) is 0.127. The summed E-state index contributed by atoms with van der Waals surface area (Å²) in [6.45, 7) is -4.58. The Balaban J connectivity index is 0.000000164. The number of benzene rings is 7. The molecular weight excluding hydrogens is 912 g/mol. The minimum Gasteiger partial charge on any atom is -0.503 e. The summed E-state index contributed by atoms with van der Waals surface area (Å²) in [5.74, 6) is 3.36. The molecule has 4 heterocycles. The Bertz CT molecular complexity index is 3110. The molecule has 0 bridgehead atoms. The number of pyridine rings is 2. The van der Waals surface area contributed by atoms with Crippen LogP contribution in [-0.2, 0) is 20.1 Å². The number of rotatable bonds is 5. The second-order valence-electron chi connectivity index (χ2n) is 14.3. The van der Waals surface area contributed by atoms with Crippen LogP contribution in [0.1, 0.15) is 19.4 Å². The summed E-state index contributed by atoms with van der Waals surface area (Å²) in [6.07, 6.45) is 3.22. The number of fused-ring (bicyclic) bond motifs is 4. The maximum atomic E-state index is 7.92. The Morgan fingerprint density at radius 1 is 0.533 bits per heavy atom. The van der Waals surface area contributed by atoms with Gasteiger partial charge >= 0.3 is 0 Å². The number of nitrogens with zero attached hydrogens (tertiary/aromatic N) is 2. The minimum absolute atomic E-state index is 0. The topological polar surface area (TPSA) is 44.2 Å². The molecule has 6 heteroatoms. The summed E-state index contributed by atoms with van der Waals surface area (Å²) in [5, 5.41) is 0. The molecule has 0 aliphatic carbocycles. The molecule has 289 valence electrons. The number of hydrogen-bond acceptors (Lipinski definition) is 4. The fourth-order valence-electron chi connectivity index (χ4n) is 7.87. The van der Waals surface area contributed by atoms with Gasteiger partial charge in [0.15, 0.2) is 0 Å². The molecule has 2 aliphatic heterocycles. The molecular formula is C54H37BIrN2O2-2. The summed E-state index contributed by atoms with van der Waals surface area (Å²) >= 11 is 0. The average molecular weight is 955 g/mol. The van der Waals surface area contributed by atoms with E-state index in [1.807, 2.05) is 128 Å². The van der Waals surface area contributed by atoms with E-state index in [-0.39, 0.29) is 37.9 Å². The van der Waals surface area contributed by atoms with Crippen LogP contribution < -0.4 is 25.9 Å². The Morgan fingerprint density at radius 3 is 1.92 bits per heavy atom.